The summed E-state index contributed by atoms with van der Waals surface area (Å²) >= 11 is 0. The lowest BCUT2D eigenvalue weighted by molar-refractivity contribution is -0.0524. The second-order valence-electron chi connectivity index (χ2n) is 15.1. The predicted octanol–water partition coefficient (Wildman–Crippen LogP) is 2.50. The molecular weight excluding hydrogens is 612 g/mol. The summed E-state index contributed by atoms with van der Waals surface area (Å²) in [5, 5.41) is 72.1. The zero-order valence-electron chi connectivity index (χ0n) is 32.0. The zero-order chi connectivity index (χ0) is 37.6. The number of ether oxygens (including phenoxy) is 4. The van der Waals surface area contributed by atoms with Gasteiger partial charge in [-0.3, -0.25) is 0 Å². The van der Waals surface area contributed by atoms with E-state index in [0.29, 0.717) is 45.7 Å². The average Bonchev–Trinajstić information content (AvgIpc) is 3.05. The topological polar surface area (TPSA) is 199 Å². The highest BCUT2D eigenvalue weighted by Gasteiger charge is 2.40. The molecule has 0 rings (SSSR count). The molecule has 0 saturated carbocycles. The van der Waals surface area contributed by atoms with E-state index in [0.717, 1.165) is 19.3 Å². The van der Waals surface area contributed by atoms with E-state index in [1.807, 2.05) is 27.7 Å². The number of hydrogen-bond donors (Lipinski definition) is 8. The van der Waals surface area contributed by atoms with Crippen LogP contribution in [0.4, 0.5) is 0 Å². The van der Waals surface area contributed by atoms with Crippen LogP contribution in [0.25, 0.3) is 0 Å². The van der Waals surface area contributed by atoms with Crippen molar-refractivity contribution in [2.75, 3.05) is 108 Å². The summed E-state index contributed by atoms with van der Waals surface area (Å²) in [6.07, 6.45) is 4.65. The SMILES string of the molecule is COCCC(C)(CO)CO.COCCC(CO)(CO)C(C)(C)C.COCCC(CO)(CO)CCC(C)(C)C.COCCC(CO)CO. The molecule has 12 nitrogen and oxygen atoms in total. The van der Waals surface area contributed by atoms with E-state index in [1.54, 1.807) is 28.4 Å². The van der Waals surface area contributed by atoms with Gasteiger partial charge < -0.3 is 59.8 Å². The van der Waals surface area contributed by atoms with Crippen LogP contribution in [-0.4, -0.2) is 149 Å². The van der Waals surface area contributed by atoms with Crippen LogP contribution in [0.15, 0.2) is 0 Å². The lowest BCUT2D eigenvalue weighted by atomic mass is 9.66. The fourth-order valence-electron chi connectivity index (χ4n) is 3.89. The van der Waals surface area contributed by atoms with Gasteiger partial charge in [-0.2, -0.15) is 0 Å². The molecule has 0 amide bonds. The molecular formula is C35H78O12. The molecule has 0 aromatic rings. The second-order valence-corrected chi connectivity index (χ2v) is 15.1. The van der Waals surface area contributed by atoms with E-state index in [4.69, 9.17) is 39.4 Å². The molecule has 0 spiro atoms. The monoisotopic (exact) mass is 691 g/mol. The van der Waals surface area contributed by atoms with Crippen molar-refractivity contribution in [3.8, 4) is 0 Å². The van der Waals surface area contributed by atoms with E-state index < -0.39 is 5.41 Å². The molecule has 0 saturated heterocycles. The molecule has 0 atom stereocenters. The Morgan fingerprint density at radius 3 is 1.15 bits per heavy atom. The van der Waals surface area contributed by atoms with Crippen LogP contribution in [0.5, 0.6) is 0 Å². The molecule has 0 radical (unpaired) electrons. The number of rotatable bonds is 22. The average molecular weight is 691 g/mol. The molecule has 0 aliphatic heterocycles. The van der Waals surface area contributed by atoms with E-state index in [-0.39, 0.29) is 80.4 Å². The quantitative estimate of drug-likeness (QED) is 0.0827. The highest BCUT2D eigenvalue weighted by molar-refractivity contribution is 4.89. The van der Waals surface area contributed by atoms with Gasteiger partial charge in [-0.15, -0.1) is 0 Å². The van der Waals surface area contributed by atoms with Gasteiger partial charge in [0, 0.05) is 90.2 Å². The van der Waals surface area contributed by atoms with Crippen molar-refractivity contribution in [3.63, 3.8) is 0 Å². The maximum atomic E-state index is 9.38. The van der Waals surface area contributed by atoms with Crippen LogP contribution < -0.4 is 0 Å². The molecule has 0 heterocycles. The van der Waals surface area contributed by atoms with Gasteiger partial charge >= 0.3 is 0 Å². The van der Waals surface area contributed by atoms with Crippen LogP contribution in [0.2, 0.25) is 0 Å². The summed E-state index contributed by atoms with van der Waals surface area (Å²) < 4.78 is 19.6. The number of aliphatic hydroxyl groups excluding tert-OH is 8. The van der Waals surface area contributed by atoms with Crippen LogP contribution in [0.1, 0.15) is 87.0 Å². The Hall–Kier alpha value is -0.480. The molecule has 0 fully saturated rings. The minimum Gasteiger partial charge on any atom is -0.396 e. The van der Waals surface area contributed by atoms with Crippen LogP contribution in [-0.2, 0) is 18.9 Å². The van der Waals surface area contributed by atoms with E-state index >= 15 is 0 Å². The molecule has 290 valence electrons. The first-order valence-electron chi connectivity index (χ1n) is 16.7. The Balaban J connectivity index is -0.000000268. The number of methoxy groups -OCH3 is 4. The fraction of sp³-hybridized carbons (Fsp3) is 1.00. The first-order valence-corrected chi connectivity index (χ1v) is 16.7. The molecule has 0 aromatic heterocycles. The van der Waals surface area contributed by atoms with Crippen molar-refractivity contribution in [2.24, 2.45) is 33.0 Å². The van der Waals surface area contributed by atoms with E-state index in [9.17, 15) is 20.4 Å². The van der Waals surface area contributed by atoms with Crippen molar-refractivity contribution in [1.29, 1.82) is 0 Å². The molecule has 47 heavy (non-hydrogen) atoms. The van der Waals surface area contributed by atoms with Crippen molar-refractivity contribution in [1.82, 2.24) is 0 Å². The Kier molecular flexibility index (Phi) is 34.4. The van der Waals surface area contributed by atoms with Gasteiger partial charge in [-0.25, -0.2) is 0 Å². The standard InChI is InChI=1S/C12H26O3.C10H22O3.C7H16O3.C6H14O3/c1-11(2,3)5-6-12(9-13,10-14)7-8-15-4;1-9(2,3)10(7-11,8-12)5-6-13-4;1-7(5-8,6-9)3-4-10-2;1-9-3-2-6(4-7)5-8/h13-14H,5-10H2,1-4H3;11-12H,5-8H2,1-4H3;8-9H,3-6H2,1-2H3;6-8H,2-5H2,1H3. The largest absolute Gasteiger partial charge is 0.396 e. The molecule has 8 N–H and O–H groups in total. The minimum absolute atomic E-state index is 0.00361. The zero-order valence-corrected chi connectivity index (χ0v) is 32.0. The summed E-state index contributed by atoms with van der Waals surface area (Å²) in [6.45, 7) is 16.9. The third kappa shape index (κ3) is 27.0. The maximum absolute atomic E-state index is 9.38. The van der Waals surface area contributed by atoms with Gasteiger partial charge in [0.05, 0.1) is 39.6 Å². The van der Waals surface area contributed by atoms with Crippen molar-refractivity contribution in [3.05, 3.63) is 0 Å². The Labute approximate surface area is 287 Å². The second kappa shape index (κ2) is 30.4. The highest BCUT2D eigenvalue weighted by atomic mass is 16.5. The normalized spacial score (nSPS) is 12.5. The Morgan fingerprint density at radius 1 is 0.447 bits per heavy atom. The van der Waals surface area contributed by atoms with Crippen molar-refractivity contribution >= 4 is 0 Å². The first-order chi connectivity index (χ1) is 21.8. The maximum Gasteiger partial charge on any atom is 0.0515 e. The van der Waals surface area contributed by atoms with Crippen LogP contribution >= 0.6 is 0 Å². The number of aliphatic hydroxyl groups is 8. The van der Waals surface area contributed by atoms with Gasteiger partial charge in [-0.05, 0) is 49.4 Å². The third-order valence-corrected chi connectivity index (χ3v) is 8.81. The third-order valence-electron chi connectivity index (χ3n) is 8.81. The smallest absolute Gasteiger partial charge is 0.0515 e. The summed E-state index contributed by atoms with van der Waals surface area (Å²) in [7, 11) is 6.48. The van der Waals surface area contributed by atoms with Gasteiger partial charge in [0.2, 0.25) is 0 Å². The summed E-state index contributed by atoms with van der Waals surface area (Å²) in [4.78, 5) is 0. The Morgan fingerprint density at radius 2 is 0.851 bits per heavy atom. The Bertz CT molecular complexity index is 633. The minimum atomic E-state index is -0.441. The lowest BCUT2D eigenvalue weighted by Crippen LogP contribution is -2.43. The van der Waals surface area contributed by atoms with Gasteiger partial charge in [-0.1, -0.05) is 48.5 Å². The number of hydrogen-bond acceptors (Lipinski definition) is 12. The van der Waals surface area contributed by atoms with Crippen molar-refractivity contribution in [2.45, 2.75) is 87.0 Å². The van der Waals surface area contributed by atoms with E-state index in [1.165, 1.54) is 0 Å². The summed E-state index contributed by atoms with van der Waals surface area (Å²) in [5.41, 5.74) is -1.07. The van der Waals surface area contributed by atoms with Crippen LogP contribution in [0, 0.1) is 33.0 Å². The van der Waals surface area contributed by atoms with E-state index in [2.05, 4.69) is 20.8 Å². The van der Waals surface area contributed by atoms with Crippen molar-refractivity contribution < 1.29 is 59.8 Å². The summed E-state index contributed by atoms with van der Waals surface area (Å²) in [6, 6.07) is 0. The van der Waals surface area contributed by atoms with Gasteiger partial charge in [0.15, 0.2) is 0 Å². The molecule has 0 unspecified atom stereocenters. The molecule has 0 aliphatic carbocycles. The predicted molar refractivity (Wildman–Crippen MR) is 187 cm³/mol. The van der Waals surface area contributed by atoms with Crippen LogP contribution in [0.3, 0.4) is 0 Å². The van der Waals surface area contributed by atoms with Gasteiger partial charge in [0.25, 0.3) is 0 Å². The summed E-state index contributed by atoms with van der Waals surface area (Å²) in [5.74, 6) is -0.00931. The highest BCUT2D eigenvalue weighted by Crippen LogP contribution is 2.40. The molecule has 0 aliphatic rings. The lowest BCUT2D eigenvalue weighted by Gasteiger charge is -2.42. The molecule has 12 heteroatoms. The fourth-order valence-corrected chi connectivity index (χ4v) is 3.89. The first kappa shape index (κ1) is 53.3. The molecule has 0 bridgehead atoms. The molecule has 0 aromatic carbocycles. The van der Waals surface area contributed by atoms with Gasteiger partial charge in [0.1, 0.15) is 0 Å².